The van der Waals surface area contributed by atoms with E-state index >= 15 is 0 Å². The third-order valence-electron chi connectivity index (χ3n) is 3.98. The van der Waals surface area contributed by atoms with Crippen LogP contribution < -0.4 is 0 Å². The predicted octanol–water partition coefficient (Wildman–Crippen LogP) is 4.02. The van der Waals surface area contributed by atoms with E-state index in [0.29, 0.717) is 5.56 Å². The number of phenols is 1. The molecular formula is C17H17BrN4O. The maximum absolute atomic E-state index is 9.94. The zero-order valence-corrected chi connectivity index (χ0v) is 15.0. The van der Waals surface area contributed by atoms with Crippen LogP contribution in [0.25, 0.3) is 10.8 Å². The number of aromatic nitrogens is 3. The first-order valence-corrected chi connectivity index (χ1v) is 8.03. The first kappa shape index (κ1) is 15.7. The molecule has 118 valence electrons. The van der Waals surface area contributed by atoms with Crippen LogP contribution in [0.2, 0.25) is 0 Å². The fraction of sp³-hybridized carbons (Fsp3) is 0.235. The summed E-state index contributed by atoms with van der Waals surface area (Å²) in [5.74, 6) is 0.194. The second-order valence-electron chi connectivity index (χ2n) is 5.55. The van der Waals surface area contributed by atoms with Gasteiger partial charge in [-0.15, -0.1) is 0 Å². The second kappa shape index (κ2) is 5.77. The van der Waals surface area contributed by atoms with Crippen LogP contribution in [0.15, 0.2) is 27.8 Å². The van der Waals surface area contributed by atoms with Gasteiger partial charge in [0.1, 0.15) is 5.75 Å². The Bertz CT molecular complexity index is 899. The molecule has 2 aromatic heterocycles. The van der Waals surface area contributed by atoms with Gasteiger partial charge in [0.2, 0.25) is 0 Å². The zero-order valence-electron chi connectivity index (χ0n) is 13.4. The van der Waals surface area contributed by atoms with Crippen LogP contribution in [-0.4, -0.2) is 26.2 Å². The summed E-state index contributed by atoms with van der Waals surface area (Å²) in [5.41, 5.74) is 4.47. The van der Waals surface area contributed by atoms with E-state index in [2.05, 4.69) is 31.2 Å². The van der Waals surface area contributed by atoms with Gasteiger partial charge in [-0.25, -0.2) is 4.68 Å². The molecule has 2 heterocycles. The number of benzene rings is 1. The van der Waals surface area contributed by atoms with Crippen LogP contribution in [0.3, 0.4) is 0 Å². The largest absolute Gasteiger partial charge is 0.507 e. The van der Waals surface area contributed by atoms with Crippen LogP contribution in [0, 0.1) is 27.7 Å². The van der Waals surface area contributed by atoms with Gasteiger partial charge in [0.25, 0.3) is 0 Å². The van der Waals surface area contributed by atoms with Gasteiger partial charge in [0, 0.05) is 32.2 Å². The molecule has 0 aliphatic rings. The summed E-state index contributed by atoms with van der Waals surface area (Å²) in [7, 11) is 0. The number of hydrogen-bond acceptors (Lipinski definition) is 4. The Morgan fingerprint density at radius 3 is 2.17 bits per heavy atom. The maximum atomic E-state index is 9.94. The highest BCUT2D eigenvalue weighted by Gasteiger charge is 2.16. The van der Waals surface area contributed by atoms with Crippen molar-refractivity contribution in [1.29, 1.82) is 0 Å². The maximum Gasteiger partial charge on any atom is 0.124 e. The normalized spacial score (nSPS) is 11.7. The molecule has 3 rings (SSSR count). The van der Waals surface area contributed by atoms with Crippen molar-refractivity contribution in [2.24, 2.45) is 5.10 Å². The standard InChI is InChI=1S/C17H17BrN4O/c1-9-16-11(3)22(12(4)17(16)10(2)21-20-9)19-8-13-7-14(18)5-6-15(13)23/h5-8,23H,1-4H3/b19-8+. The monoisotopic (exact) mass is 372 g/mol. The summed E-state index contributed by atoms with van der Waals surface area (Å²) in [5, 5.41) is 25.1. The number of hydrogen-bond donors (Lipinski definition) is 1. The van der Waals surface area contributed by atoms with Crippen LogP contribution >= 0.6 is 15.9 Å². The van der Waals surface area contributed by atoms with Crippen LogP contribution in [0.5, 0.6) is 5.75 Å². The minimum absolute atomic E-state index is 0.194. The minimum Gasteiger partial charge on any atom is -0.507 e. The molecule has 0 fully saturated rings. The second-order valence-corrected chi connectivity index (χ2v) is 6.47. The van der Waals surface area contributed by atoms with E-state index in [1.165, 1.54) is 0 Å². The highest BCUT2D eigenvalue weighted by molar-refractivity contribution is 9.10. The molecule has 0 radical (unpaired) electrons. The smallest absolute Gasteiger partial charge is 0.124 e. The molecular weight excluding hydrogens is 356 g/mol. The quantitative estimate of drug-likeness (QED) is 0.691. The lowest BCUT2D eigenvalue weighted by Crippen LogP contribution is -1.96. The summed E-state index contributed by atoms with van der Waals surface area (Å²) in [4.78, 5) is 0. The predicted molar refractivity (Wildman–Crippen MR) is 95.3 cm³/mol. The summed E-state index contributed by atoms with van der Waals surface area (Å²) >= 11 is 3.40. The van der Waals surface area contributed by atoms with Crippen molar-refractivity contribution in [2.75, 3.05) is 0 Å². The molecule has 0 saturated carbocycles. The number of fused-ring (bicyclic) bond motifs is 1. The van der Waals surface area contributed by atoms with Gasteiger partial charge >= 0.3 is 0 Å². The van der Waals surface area contributed by atoms with Gasteiger partial charge in [-0.2, -0.15) is 15.3 Å². The molecule has 0 aliphatic heterocycles. The highest BCUT2D eigenvalue weighted by atomic mass is 79.9. The Hall–Kier alpha value is -2.21. The van der Waals surface area contributed by atoms with Crippen molar-refractivity contribution < 1.29 is 5.11 Å². The summed E-state index contributed by atoms with van der Waals surface area (Å²) in [6.07, 6.45) is 1.66. The summed E-state index contributed by atoms with van der Waals surface area (Å²) < 4.78 is 2.76. The van der Waals surface area contributed by atoms with Crippen molar-refractivity contribution in [3.05, 3.63) is 51.0 Å². The number of phenolic OH excluding ortho intramolecular Hbond substituents is 1. The zero-order chi connectivity index (χ0) is 16.7. The average molecular weight is 373 g/mol. The third kappa shape index (κ3) is 2.63. The molecule has 0 spiro atoms. The van der Waals surface area contributed by atoms with Gasteiger partial charge in [0.05, 0.1) is 17.6 Å². The van der Waals surface area contributed by atoms with E-state index < -0.39 is 0 Å². The molecule has 1 aromatic carbocycles. The van der Waals surface area contributed by atoms with Crippen LogP contribution in [0.1, 0.15) is 28.3 Å². The number of nitrogens with zero attached hydrogens (tertiary/aromatic N) is 4. The van der Waals surface area contributed by atoms with Crippen molar-refractivity contribution in [1.82, 2.24) is 14.9 Å². The Morgan fingerprint density at radius 2 is 1.61 bits per heavy atom. The van der Waals surface area contributed by atoms with Crippen LogP contribution in [0.4, 0.5) is 0 Å². The van der Waals surface area contributed by atoms with E-state index in [9.17, 15) is 5.11 Å². The van der Waals surface area contributed by atoms with Gasteiger partial charge < -0.3 is 5.11 Å². The van der Waals surface area contributed by atoms with E-state index in [0.717, 1.165) is 38.0 Å². The number of rotatable bonds is 2. The third-order valence-corrected chi connectivity index (χ3v) is 4.48. The number of aryl methyl sites for hydroxylation is 4. The van der Waals surface area contributed by atoms with Crippen molar-refractivity contribution >= 4 is 32.9 Å². The fourth-order valence-electron chi connectivity index (χ4n) is 2.88. The molecule has 1 N–H and O–H groups in total. The van der Waals surface area contributed by atoms with Gasteiger partial charge in [-0.1, -0.05) is 15.9 Å². The van der Waals surface area contributed by atoms with Crippen molar-refractivity contribution in [3.63, 3.8) is 0 Å². The molecule has 0 bridgehead atoms. The van der Waals surface area contributed by atoms with E-state index in [-0.39, 0.29) is 5.75 Å². The lowest BCUT2D eigenvalue weighted by Gasteiger charge is -2.03. The van der Waals surface area contributed by atoms with E-state index in [4.69, 9.17) is 0 Å². The Morgan fingerprint density at radius 1 is 1.04 bits per heavy atom. The number of halogens is 1. The highest BCUT2D eigenvalue weighted by Crippen LogP contribution is 2.29. The first-order valence-electron chi connectivity index (χ1n) is 7.24. The molecule has 0 aliphatic carbocycles. The van der Waals surface area contributed by atoms with Gasteiger partial charge in [-0.05, 0) is 45.9 Å². The van der Waals surface area contributed by atoms with Gasteiger partial charge in [0.15, 0.2) is 0 Å². The lowest BCUT2D eigenvalue weighted by atomic mass is 10.1. The molecule has 0 saturated heterocycles. The first-order chi connectivity index (χ1) is 10.9. The van der Waals surface area contributed by atoms with E-state index in [1.54, 1.807) is 18.3 Å². The van der Waals surface area contributed by atoms with E-state index in [1.807, 2.05) is 38.4 Å². The topological polar surface area (TPSA) is 63.3 Å². The Kier molecular flexibility index (Phi) is 3.93. The fourth-order valence-corrected chi connectivity index (χ4v) is 3.26. The molecule has 6 heteroatoms. The lowest BCUT2D eigenvalue weighted by molar-refractivity contribution is 0.474. The molecule has 0 unspecified atom stereocenters. The SMILES string of the molecule is Cc1nnc(C)c2c(C)n(/N=C/c3cc(Br)ccc3O)c(C)c12. The molecule has 3 aromatic rings. The Labute approximate surface area is 142 Å². The molecule has 23 heavy (non-hydrogen) atoms. The molecule has 0 amide bonds. The Balaban J connectivity index is 2.18. The van der Waals surface area contributed by atoms with Crippen molar-refractivity contribution in [2.45, 2.75) is 27.7 Å². The average Bonchev–Trinajstić information content (AvgIpc) is 2.77. The molecule has 0 atom stereocenters. The van der Waals surface area contributed by atoms with Crippen molar-refractivity contribution in [3.8, 4) is 5.75 Å². The molecule has 5 nitrogen and oxygen atoms in total. The van der Waals surface area contributed by atoms with Gasteiger partial charge in [-0.3, -0.25) is 0 Å². The summed E-state index contributed by atoms with van der Waals surface area (Å²) in [6, 6.07) is 5.25. The summed E-state index contributed by atoms with van der Waals surface area (Å²) in [6.45, 7) is 7.94. The van der Waals surface area contributed by atoms with Crippen LogP contribution in [-0.2, 0) is 0 Å². The minimum atomic E-state index is 0.194. The number of aromatic hydroxyl groups is 1.